The number of fused-ring (bicyclic) bond motifs is 1. The molecular formula is C19H20F5N3O2. The molecule has 0 radical (unpaired) electrons. The Labute approximate surface area is 163 Å². The Bertz CT molecular complexity index is 950. The van der Waals surface area contributed by atoms with Gasteiger partial charge in [0.1, 0.15) is 11.4 Å². The lowest BCUT2D eigenvalue weighted by atomic mass is 9.79. The number of aryl methyl sites for hydroxylation is 1. The van der Waals surface area contributed by atoms with Gasteiger partial charge in [-0.15, -0.1) is 13.2 Å². The summed E-state index contributed by atoms with van der Waals surface area (Å²) in [7, 11) is 1.41. The maximum absolute atomic E-state index is 13.1. The predicted octanol–water partition coefficient (Wildman–Crippen LogP) is 4.98. The number of aromatic nitrogens is 2. The third kappa shape index (κ3) is 3.92. The summed E-state index contributed by atoms with van der Waals surface area (Å²) < 4.78 is 70.1. The van der Waals surface area contributed by atoms with Gasteiger partial charge < -0.3 is 10.1 Å². The summed E-state index contributed by atoms with van der Waals surface area (Å²) >= 11 is 0. The zero-order valence-corrected chi connectivity index (χ0v) is 16.2. The molecule has 1 amide bonds. The summed E-state index contributed by atoms with van der Waals surface area (Å²) in [6.07, 6.45) is -6.22. The smallest absolute Gasteiger partial charge is 0.405 e. The SMILES string of the molecule is CC1Cc2c(NC(=O)c3cn(C)nc3C(F)F)ccc(OC(F)(F)F)c2C1(C)C. The van der Waals surface area contributed by atoms with Gasteiger partial charge in [-0.3, -0.25) is 9.48 Å². The summed E-state index contributed by atoms with van der Waals surface area (Å²) in [5, 5.41) is 6.15. The normalized spacial score (nSPS) is 18.1. The van der Waals surface area contributed by atoms with E-state index in [0.717, 1.165) is 10.7 Å². The second-order valence-corrected chi connectivity index (χ2v) is 7.70. The van der Waals surface area contributed by atoms with E-state index in [0.29, 0.717) is 17.5 Å². The molecule has 0 spiro atoms. The van der Waals surface area contributed by atoms with Crippen LogP contribution in [0.25, 0.3) is 0 Å². The molecule has 1 atom stereocenters. The van der Waals surface area contributed by atoms with Gasteiger partial charge in [-0.05, 0) is 35.4 Å². The van der Waals surface area contributed by atoms with Crippen molar-refractivity contribution in [3.8, 4) is 5.75 Å². The lowest BCUT2D eigenvalue weighted by Gasteiger charge is -2.27. The van der Waals surface area contributed by atoms with Crippen molar-refractivity contribution >= 4 is 11.6 Å². The molecule has 0 fully saturated rings. The van der Waals surface area contributed by atoms with Crippen LogP contribution in [0, 0.1) is 5.92 Å². The van der Waals surface area contributed by atoms with Gasteiger partial charge in [0.05, 0.1) is 5.56 Å². The highest BCUT2D eigenvalue weighted by molar-refractivity contribution is 6.05. The molecule has 0 saturated carbocycles. The number of hydrogen-bond donors (Lipinski definition) is 1. The number of amides is 1. The number of alkyl halides is 5. The van der Waals surface area contributed by atoms with E-state index >= 15 is 0 Å². The maximum Gasteiger partial charge on any atom is 0.573 e. The molecule has 1 aliphatic rings. The first-order valence-electron chi connectivity index (χ1n) is 8.86. The van der Waals surface area contributed by atoms with Crippen LogP contribution in [0.5, 0.6) is 5.75 Å². The van der Waals surface area contributed by atoms with Gasteiger partial charge in [0, 0.05) is 24.5 Å². The van der Waals surface area contributed by atoms with Gasteiger partial charge in [-0.1, -0.05) is 20.8 Å². The first-order chi connectivity index (χ1) is 13.3. The van der Waals surface area contributed by atoms with Crippen molar-refractivity contribution in [2.45, 2.75) is 45.4 Å². The second-order valence-electron chi connectivity index (χ2n) is 7.70. The lowest BCUT2D eigenvalue weighted by Crippen LogP contribution is -2.25. The van der Waals surface area contributed by atoms with Crippen LogP contribution in [0.2, 0.25) is 0 Å². The molecule has 0 aliphatic heterocycles. The van der Waals surface area contributed by atoms with Crippen LogP contribution in [-0.4, -0.2) is 22.1 Å². The van der Waals surface area contributed by atoms with Crippen LogP contribution in [-0.2, 0) is 18.9 Å². The monoisotopic (exact) mass is 417 g/mol. The van der Waals surface area contributed by atoms with Crippen LogP contribution in [0.3, 0.4) is 0 Å². The number of carbonyl (C=O) groups is 1. The van der Waals surface area contributed by atoms with Crippen molar-refractivity contribution in [1.82, 2.24) is 9.78 Å². The summed E-state index contributed by atoms with van der Waals surface area (Å²) in [6.45, 7) is 5.49. The lowest BCUT2D eigenvalue weighted by molar-refractivity contribution is -0.275. The van der Waals surface area contributed by atoms with Crippen molar-refractivity contribution in [3.63, 3.8) is 0 Å². The minimum absolute atomic E-state index is 0.0267. The topological polar surface area (TPSA) is 56.2 Å². The minimum atomic E-state index is -4.86. The Balaban J connectivity index is 2.02. The van der Waals surface area contributed by atoms with E-state index in [1.807, 2.05) is 6.92 Å². The van der Waals surface area contributed by atoms with Gasteiger partial charge in [-0.25, -0.2) is 8.78 Å². The Morgan fingerprint density at radius 1 is 1.34 bits per heavy atom. The van der Waals surface area contributed by atoms with E-state index in [2.05, 4.69) is 15.2 Å². The molecule has 5 nitrogen and oxygen atoms in total. The van der Waals surface area contributed by atoms with Gasteiger partial charge in [-0.2, -0.15) is 5.10 Å². The number of nitrogens with one attached hydrogen (secondary N) is 1. The highest BCUT2D eigenvalue weighted by atomic mass is 19.4. The minimum Gasteiger partial charge on any atom is -0.405 e. The standard InChI is InChI=1S/C19H20F5N3O2/c1-9-7-10-12(25-17(28)11-8-27(4)26-15(11)16(20)21)5-6-13(29-19(22,23)24)14(10)18(9,2)3/h5-6,8-9,16H,7H2,1-4H3,(H,25,28). The molecule has 1 aromatic carbocycles. The summed E-state index contributed by atoms with van der Waals surface area (Å²) in [5.74, 6) is -1.16. The molecule has 3 rings (SSSR count). The van der Waals surface area contributed by atoms with Crippen LogP contribution in [0.15, 0.2) is 18.3 Å². The van der Waals surface area contributed by atoms with E-state index in [-0.39, 0.29) is 22.9 Å². The van der Waals surface area contributed by atoms with E-state index < -0.39 is 29.8 Å². The summed E-state index contributed by atoms with van der Waals surface area (Å²) in [6, 6.07) is 2.43. The third-order valence-electron chi connectivity index (χ3n) is 5.44. The number of benzene rings is 1. The molecule has 158 valence electrons. The highest BCUT2D eigenvalue weighted by Crippen LogP contribution is 2.50. The molecule has 1 N–H and O–H groups in total. The summed E-state index contributed by atoms with van der Waals surface area (Å²) in [5.41, 5.74) is -0.481. The molecule has 1 aromatic heterocycles. The van der Waals surface area contributed by atoms with E-state index in [1.165, 1.54) is 19.3 Å². The molecule has 2 aromatic rings. The number of anilines is 1. The van der Waals surface area contributed by atoms with Crippen LogP contribution in [0.4, 0.5) is 27.6 Å². The average molecular weight is 417 g/mol. The fraction of sp³-hybridized carbons (Fsp3) is 0.474. The van der Waals surface area contributed by atoms with Crippen molar-refractivity contribution in [2.24, 2.45) is 13.0 Å². The van der Waals surface area contributed by atoms with Gasteiger partial charge in [0.15, 0.2) is 0 Å². The van der Waals surface area contributed by atoms with Crippen molar-refractivity contribution < 1.29 is 31.5 Å². The zero-order valence-electron chi connectivity index (χ0n) is 16.2. The molecule has 1 heterocycles. The molecular weight excluding hydrogens is 397 g/mol. The fourth-order valence-electron chi connectivity index (χ4n) is 3.71. The number of rotatable bonds is 4. The van der Waals surface area contributed by atoms with E-state index in [9.17, 15) is 26.7 Å². The van der Waals surface area contributed by atoms with Crippen LogP contribution < -0.4 is 10.1 Å². The van der Waals surface area contributed by atoms with Crippen molar-refractivity contribution in [2.75, 3.05) is 5.32 Å². The van der Waals surface area contributed by atoms with Crippen LogP contribution in [0.1, 0.15) is 54.4 Å². The molecule has 1 unspecified atom stereocenters. The molecule has 0 saturated heterocycles. The second kappa shape index (κ2) is 7.00. The number of nitrogens with zero attached hydrogens (tertiary/aromatic N) is 2. The Morgan fingerprint density at radius 2 is 2.00 bits per heavy atom. The predicted molar refractivity (Wildman–Crippen MR) is 95.1 cm³/mol. The third-order valence-corrected chi connectivity index (χ3v) is 5.44. The first-order valence-corrected chi connectivity index (χ1v) is 8.86. The quantitative estimate of drug-likeness (QED) is 0.714. The van der Waals surface area contributed by atoms with Crippen LogP contribution >= 0.6 is 0 Å². The van der Waals surface area contributed by atoms with E-state index in [1.54, 1.807) is 13.8 Å². The molecule has 10 heteroatoms. The maximum atomic E-state index is 13.1. The molecule has 0 bridgehead atoms. The van der Waals surface area contributed by atoms with Crippen molar-refractivity contribution in [3.05, 3.63) is 40.7 Å². The van der Waals surface area contributed by atoms with Gasteiger partial charge in [0.2, 0.25) is 0 Å². The number of hydrogen-bond acceptors (Lipinski definition) is 3. The largest absolute Gasteiger partial charge is 0.573 e. The Kier molecular flexibility index (Phi) is 5.08. The van der Waals surface area contributed by atoms with Gasteiger partial charge >= 0.3 is 6.36 Å². The fourth-order valence-corrected chi connectivity index (χ4v) is 3.71. The number of carbonyl (C=O) groups excluding carboxylic acids is 1. The Morgan fingerprint density at radius 3 is 2.59 bits per heavy atom. The zero-order chi connectivity index (χ0) is 21.7. The number of halogens is 5. The Hall–Kier alpha value is -2.65. The highest BCUT2D eigenvalue weighted by Gasteiger charge is 2.43. The average Bonchev–Trinajstić information content (AvgIpc) is 3.07. The molecule has 1 aliphatic carbocycles. The first kappa shape index (κ1) is 21.1. The van der Waals surface area contributed by atoms with Crippen molar-refractivity contribution in [1.29, 1.82) is 0 Å². The molecule has 29 heavy (non-hydrogen) atoms. The number of ether oxygens (including phenoxy) is 1. The van der Waals surface area contributed by atoms with E-state index in [4.69, 9.17) is 0 Å². The van der Waals surface area contributed by atoms with Gasteiger partial charge in [0.25, 0.3) is 12.3 Å². The summed E-state index contributed by atoms with van der Waals surface area (Å²) in [4.78, 5) is 12.6.